The Morgan fingerprint density at radius 2 is 1.65 bits per heavy atom. The molecular weight excluding hydrogens is 272 g/mol. The van der Waals surface area contributed by atoms with Crippen LogP contribution in [0.15, 0.2) is 23.1 Å². The maximum absolute atomic E-state index is 12.8. The van der Waals surface area contributed by atoms with E-state index in [0.717, 1.165) is 36.8 Å². The molecule has 1 saturated carbocycles. The first kappa shape index (κ1) is 15.5. The van der Waals surface area contributed by atoms with Gasteiger partial charge in [-0.25, -0.2) is 8.42 Å². The zero-order valence-corrected chi connectivity index (χ0v) is 13.1. The Morgan fingerprint density at radius 3 is 2.30 bits per heavy atom. The molecule has 20 heavy (non-hydrogen) atoms. The van der Waals surface area contributed by atoms with Gasteiger partial charge in [0.2, 0.25) is 0 Å². The summed E-state index contributed by atoms with van der Waals surface area (Å²) in [5.41, 5.74) is 2.06. The molecule has 112 valence electrons. The lowest BCUT2D eigenvalue weighted by Gasteiger charge is -2.25. The summed E-state index contributed by atoms with van der Waals surface area (Å²) in [6.45, 7) is 3.89. The zero-order valence-electron chi connectivity index (χ0n) is 12.3. The van der Waals surface area contributed by atoms with Gasteiger partial charge >= 0.3 is 0 Å². The van der Waals surface area contributed by atoms with Crippen molar-refractivity contribution in [1.82, 2.24) is 0 Å². The third kappa shape index (κ3) is 3.23. The summed E-state index contributed by atoms with van der Waals surface area (Å²) in [5, 5.41) is 9.57. The molecule has 2 unspecified atom stereocenters. The van der Waals surface area contributed by atoms with Gasteiger partial charge in [0.15, 0.2) is 9.84 Å². The second-order valence-electron chi connectivity index (χ2n) is 5.89. The fourth-order valence-electron chi connectivity index (χ4n) is 2.86. The molecule has 2 rings (SSSR count). The van der Waals surface area contributed by atoms with E-state index in [2.05, 4.69) is 0 Å². The zero-order chi connectivity index (χ0) is 14.8. The first-order valence-electron chi connectivity index (χ1n) is 7.42. The second kappa shape index (κ2) is 6.27. The molecule has 1 N–H and O–H groups in total. The molecule has 2 atom stereocenters. The molecule has 0 aromatic heterocycles. The van der Waals surface area contributed by atoms with Gasteiger partial charge in [0.1, 0.15) is 0 Å². The van der Waals surface area contributed by atoms with E-state index >= 15 is 0 Å². The Balaban J connectivity index is 2.33. The van der Waals surface area contributed by atoms with Crippen LogP contribution >= 0.6 is 0 Å². The maximum atomic E-state index is 12.8. The Kier molecular flexibility index (Phi) is 4.86. The monoisotopic (exact) mass is 296 g/mol. The van der Waals surface area contributed by atoms with Crippen molar-refractivity contribution in [2.45, 2.75) is 68.6 Å². The molecule has 4 heteroatoms. The number of benzene rings is 1. The maximum Gasteiger partial charge on any atom is 0.183 e. The molecule has 0 amide bonds. The van der Waals surface area contributed by atoms with Crippen LogP contribution in [0.5, 0.6) is 0 Å². The van der Waals surface area contributed by atoms with Crippen LogP contribution in [0.3, 0.4) is 0 Å². The quantitative estimate of drug-likeness (QED) is 0.912. The number of aryl methyl sites for hydroxylation is 2. The summed E-state index contributed by atoms with van der Waals surface area (Å²) in [4.78, 5) is 0.352. The number of aliphatic hydroxyl groups excluding tert-OH is 1. The third-order valence-electron chi connectivity index (χ3n) is 4.37. The van der Waals surface area contributed by atoms with Crippen LogP contribution in [0.25, 0.3) is 0 Å². The number of hydrogen-bond acceptors (Lipinski definition) is 3. The van der Waals surface area contributed by atoms with Gasteiger partial charge in [-0.15, -0.1) is 0 Å². The minimum Gasteiger partial charge on any atom is -0.392 e. The van der Waals surface area contributed by atoms with Crippen LogP contribution in [-0.2, 0) is 9.84 Å². The highest BCUT2D eigenvalue weighted by molar-refractivity contribution is 7.92. The van der Waals surface area contributed by atoms with Crippen molar-refractivity contribution in [2.24, 2.45) is 0 Å². The lowest BCUT2D eigenvalue weighted by atomic mass is 9.98. The van der Waals surface area contributed by atoms with E-state index in [9.17, 15) is 13.5 Å². The molecule has 0 heterocycles. The SMILES string of the molecule is Cc1ccc(S(=O)(=O)C2CCCCCCC2O)cc1C. The molecular formula is C16H24O3S. The Bertz CT molecular complexity index is 563. The molecule has 0 aliphatic heterocycles. The summed E-state index contributed by atoms with van der Waals surface area (Å²) in [7, 11) is -3.44. The molecule has 0 saturated heterocycles. The van der Waals surface area contributed by atoms with E-state index in [-0.39, 0.29) is 0 Å². The molecule has 0 bridgehead atoms. The van der Waals surface area contributed by atoms with Gasteiger partial charge in [-0.2, -0.15) is 0 Å². The number of rotatable bonds is 2. The molecule has 0 radical (unpaired) electrons. The smallest absolute Gasteiger partial charge is 0.183 e. The fraction of sp³-hybridized carbons (Fsp3) is 0.625. The molecule has 3 nitrogen and oxygen atoms in total. The predicted molar refractivity (Wildman–Crippen MR) is 80.6 cm³/mol. The van der Waals surface area contributed by atoms with Gasteiger partial charge in [-0.3, -0.25) is 0 Å². The Hall–Kier alpha value is -0.870. The van der Waals surface area contributed by atoms with Crippen molar-refractivity contribution in [3.63, 3.8) is 0 Å². The van der Waals surface area contributed by atoms with Crippen molar-refractivity contribution in [3.8, 4) is 0 Å². The number of hydrogen-bond donors (Lipinski definition) is 1. The van der Waals surface area contributed by atoms with Crippen molar-refractivity contribution in [1.29, 1.82) is 0 Å². The predicted octanol–water partition coefficient (Wildman–Crippen LogP) is 3.16. The normalized spacial score (nSPS) is 24.9. The molecule has 1 aliphatic carbocycles. The third-order valence-corrected chi connectivity index (χ3v) is 6.63. The number of aliphatic hydroxyl groups is 1. The van der Waals surface area contributed by atoms with E-state index in [1.165, 1.54) is 0 Å². The lowest BCUT2D eigenvalue weighted by Crippen LogP contribution is -2.35. The van der Waals surface area contributed by atoms with Crippen molar-refractivity contribution in [3.05, 3.63) is 29.3 Å². The highest BCUT2D eigenvalue weighted by Gasteiger charge is 2.33. The summed E-state index contributed by atoms with van der Waals surface area (Å²) in [5.74, 6) is 0. The molecule has 1 fully saturated rings. The van der Waals surface area contributed by atoms with Crippen molar-refractivity contribution in [2.75, 3.05) is 0 Å². The first-order valence-corrected chi connectivity index (χ1v) is 8.97. The van der Waals surface area contributed by atoms with E-state index in [4.69, 9.17) is 0 Å². The summed E-state index contributed by atoms with van der Waals surface area (Å²) in [6, 6.07) is 5.25. The van der Waals surface area contributed by atoms with Gasteiger partial charge in [-0.05, 0) is 49.9 Å². The fourth-order valence-corrected chi connectivity index (χ4v) is 4.83. The van der Waals surface area contributed by atoms with Crippen molar-refractivity contribution >= 4 is 9.84 Å². The topological polar surface area (TPSA) is 54.4 Å². The summed E-state index contributed by atoms with van der Waals surface area (Å²) in [6.07, 6.45) is 4.37. The second-order valence-corrected chi connectivity index (χ2v) is 8.06. The molecule has 1 aromatic carbocycles. The first-order chi connectivity index (χ1) is 9.43. The Labute approximate surface area is 121 Å². The molecule has 1 aliphatic rings. The standard InChI is InChI=1S/C16H24O3S/c1-12-9-10-14(11-13(12)2)20(18,19)16-8-6-4-3-5-7-15(16)17/h9-11,15-17H,3-8H2,1-2H3. The van der Waals surface area contributed by atoms with E-state index in [0.29, 0.717) is 17.7 Å². The van der Waals surface area contributed by atoms with Crippen LogP contribution in [0.4, 0.5) is 0 Å². The van der Waals surface area contributed by atoms with Gasteiger partial charge in [0, 0.05) is 0 Å². The van der Waals surface area contributed by atoms with Gasteiger partial charge in [0.25, 0.3) is 0 Å². The van der Waals surface area contributed by atoms with E-state index in [1.807, 2.05) is 19.9 Å². The van der Waals surface area contributed by atoms with Crippen LogP contribution < -0.4 is 0 Å². The van der Waals surface area contributed by atoms with Crippen molar-refractivity contribution < 1.29 is 13.5 Å². The Morgan fingerprint density at radius 1 is 1.00 bits per heavy atom. The van der Waals surface area contributed by atoms with Gasteiger partial charge < -0.3 is 5.11 Å². The minimum absolute atomic E-state index is 0.352. The minimum atomic E-state index is -3.44. The lowest BCUT2D eigenvalue weighted by molar-refractivity contribution is 0.144. The van der Waals surface area contributed by atoms with E-state index in [1.54, 1.807) is 12.1 Å². The summed E-state index contributed by atoms with van der Waals surface area (Å²) < 4.78 is 25.5. The highest BCUT2D eigenvalue weighted by Crippen LogP contribution is 2.28. The van der Waals surface area contributed by atoms with Gasteiger partial charge in [-0.1, -0.05) is 31.7 Å². The highest BCUT2D eigenvalue weighted by atomic mass is 32.2. The van der Waals surface area contributed by atoms with Gasteiger partial charge in [0.05, 0.1) is 16.2 Å². The molecule has 0 spiro atoms. The van der Waals surface area contributed by atoms with Crippen LogP contribution in [0, 0.1) is 13.8 Å². The van der Waals surface area contributed by atoms with Crippen LogP contribution in [-0.4, -0.2) is 24.9 Å². The molecule has 1 aromatic rings. The van der Waals surface area contributed by atoms with Crippen LogP contribution in [0.2, 0.25) is 0 Å². The largest absolute Gasteiger partial charge is 0.392 e. The van der Waals surface area contributed by atoms with E-state index < -0.39 is 21.2 Å². The average Bonchev–Trinajstić information content (AvgIpc) is 2.37. The number of sulfone groups is 1. The average molecular weight is 296 g/mol. The van der Waals surface area contributed by atoms with Crippen LogP contribution in [0.1, 0.15) is 49.7 Å². The summed E-state index contributed by atoms with van der Waals surface area (Å²) >= 11 is 0.